The van der Waals surface area contributed by atoms with Gasteiger partial charge in [0.2, 0.25) is 0 Å². The zero-order valence-electron chi connectivity index (χ0n) is 22.5. The van der Waals surface area contributed by atoms with Crippen LogP contribution in [0.4, 0.5) is 21.5 Å². The number of aromatic nitrogens is 1. The summed E-state index contributed by atoms with van der Waals surface area (Å²) >= 11 is 0. The molecule has 1 saturated heterocycles. The van der Waals surface area contributed by atoms with Crippen molar-refractivity contribution in [3.8, 4) is 11.1 Å². The summed E-state index contributed by atoms with van der Waals surface area (Å²) < 4.78 is 13.3. The standard InChI is InChI=1S/C32H35FN6O/c33-28-8-10-29(11-9-28)37-16-18-38(19-17-37)31-12-7-26(21-30(31)35)25-5-1-4-24(20-25)23-39(15-3-13-34)32(40)27-6-2-14-36-22-27/h1-2,4-12,14,20-22H,3,13,15-19,23,34-35H2. The molecule has 4 N–H and O–H groups in total. The van der Waals surface area contributed by atoms with Gasteiger partial charge in [-0.1, -0.05) is 24.3 Å². The lowest BCUT2D eigenvalue weighted by atomic mass is 10.0. The lowest BCUT2D eigenvalue weighted by Crippen LogP contribution is -2.46. The molecule has 206 valence electrons. The number of pyridine rings is 1. The quantitative estimate of drug-likeness (QED) is 0.298. The van der Waals surface area contributed by atoms with E-state index in [0.29, 0.717) is 25.2 Å². The Morgan fingerprint density at radius 1 is 0.900 bits per heavy atom. The molecule has 3 aromatic carbocycles. The first-order valence-electron chi connectivity index (χ1n) is 13.7. The summed E-state index contributed by atoms with van der Waals surface area (Å²) in [5.74, 6) is -0.275. The number of nitrogens with zero attached hydrogens (tertiary/aromatic N) is 4. The fourth-order valence-electron chi connectivity index (χ4n) is 5.16. The number of rotatable bonds is 9. The first-order chi connectivity index (χ1) is 19.5. The van der Waals surface area contributed by atoms with Gasteiger partial charge in [0.25, 0.3) is 5.91 Å². The maximum atomic E-state index is 13.3. The summed E-state index contributed by atoms with van der Waals surface area (Å²) in [6.45, 7) is 4.92. The molecule has 8 heteroatoms. The molecular formula is C32H35FN6O. The summed E-state index contributed by atoms with van der Waals surface area (Å²) in [4.78, 5) is 23.7. The fraction of sp³-hybridized carbons (Fsp3) is 0.250. The minimum Gasteiger partial charge on any atom is -0.397 e. The monoisotopic (exact) mass is 538 g/mol. The number of hydrogen-bond donors (Lipinski definition) is 2. The second-order valence-electron chi connectivity index (χ2n) is 10.0. The molecule has 0 bridgehead atoms. The van der Waals surface area contributed by atoms with E-state index in [-0.39, 0.29) is 11.7 Å². The van der Waals surface area contributed by atoms with Crippen molar-refractivity contribution < 1.29 is 9.18 Å². The van der Waals surface area contributed by atoms with Crippen LogP contribution in [0.25, 0.3) is 11.1 Å². The van der Waals surface area contributed by atoms with Gasteiger partial charge in [0, 0.05) is 57.3 Å². The Bertz CT molecular complexity index is 1420. The van der Waals surface area contributed by atoms with Gasteiger partial charge in [0.15, 0.2) is 0 Å². The molecule has 1 aliphatic rings. The van der Waals surface area contributed by atoms with Gasteiger partial charge < -0.3 is 26.2 Å². The summed E-state index contributed by atoms with van der Waals surface area (Å²) in [6.07, 6.45) is 3.98. The van der Waals surface area contributed by atoms with Crippen LogP contribution in [0, 0.1) is 5.82 Å². The third kappa shape index (κ3) is 6.40. The Kier molecular flexibility index (Phi) is 8.56. The molecule has 40 heavy (non-hydrogen) atoms. The van der Waals surface area contributed by atoms with Crippen molar-refractivity contribution in [2.24, 2.45) is 5.73 Å². The topological polar surface area (TPSA) is 91.7 Å². The number of carbonyl (C=O) groups excluding carboxylic acids is 1. The number of nitrogen functional groups attached to an aromatic ring is 1. The van der Waals surface area contributed by atoms with E-state index in [1.165, 1.54) is 12.1 Å². The molecule has 0 radical (unpaired) electrons. The van der Waals surface area contributed by atoms with Gasteiger partial charge in [-0.3, -0.25) is 9.78 Å². The SMILES string of the molecule is NCCCN(Cc1cccc(-c2ccc(N3CCN(c4ccc(F)cc4)CC3)c(N)c2)c1)C(=O)c1cccnc1. The van der Waals surface area contributed by atoms with Gasteiger partial charge in [-0.15, -0.1) is 0 Å². The molecule has 1 aliphatic heterocycles. The van der Waals surface area contributed by atoms with Crippen LogP contribution >= 0.6 is 0 Å². The largest absolute Gasteiger partial charge is 0.397 e. The third-order valence-corrected chi connectivity index (χ3v) is 7.30. The summed E-state index contributed by atoms with van der Waals surface area (Å²) in [5.41, 5.74) is 18.8. The van der Waals surface area contributed by atoms with E-state index in [9.17, 15) is 9.18 Å². The number of anilines is 3. The number of carbonyl (C=O) groups is 1. The van der Waals surface area contributed by atoms with E-state index in [0.717, 1.165) is 66.4 Å². The highest BCUT2D eigenvalue weighted by Crippen LogP contribution is 2.31. The Balaban J connectivity index is 1.27. The normalized spacial score (nSPS) is 13.3. The van der Waals surface area contributed by atoms with E-state index in [1.54, 1.807) is 24.5 Å². The van der Waals surface area contributed by atoms with Crippen LogP contribution in [0.5, 0.6) is 0 Å². The summed E-state index contributed by atoms with van der Waals surface area (Å²) in [6, 6.07) is 24.7. The molecule has 0 atom stereocenters. The van der Waals surface area contributed by atoms with Gasteiger partial charge in [-0.2, -0.15) is 0 Å². The van der Waals surface area contributed by atoms with Crippen molar-refractivity contribution in [2.75, 3.05) is 54.8 Å². The zero-order chi connectivity index (χ0) is 27.9. The van der Waals surface area contributed by atoms with Crippen molar-refractivity contribution in [3.05, 3.63) is 108 Å². The van der Waals surface area contributed by atoms with Crippen molar-refractivity contribution in [2.45, 2.75) is 13.0 Å². The van der Waals surface area contributed by atoms with E-state index in [2.05, 4.69) is 39.0 Å². The van der Waals surface area contributed by atoms with Crippen molar-refractivity contribution >= 4 is 23.0 Å². The van der Waals surface area contributed by atoms with Gasteiger partial charge in [-0.25, -0.2) is 4.39 Å². The highest BCUT2D eigenvalue weighted by Gasteiger charge is 2.20. The highest BCUT2D eigenvalue weighted by molar-refractivity contribution is 5.93. The molecule has 0 unspecified atom stereocenters. The van der Waals surface area contributed by atoms with E-state index in [4.69, 9.17) is 11.5 Å². The lowest BCUT2D eigenvalue weighted by Gasteiger charge is -2.38. The number of amides is 1. The number of benzene rings is 3. The van der Waals surface area contributed by atoms with Crippen LogP contribution in [-0.4, -0.2) is 55.1 Å². The van der Waals surface area contributed by atoms with Crippen molar-refractivity contribution in [1.82, 2.24) is 9.88 Å². The average Bonchev–Trinajstić information content (AvgIpc) is 3.00. The summed E-state index contributed by atoms with van der Waals surface area (Å²) in [5, 5.41) is 0. The third-order valence-electron chi connectivity index (χ3n) is 7.30. The minimum absolute atomic E-state index is 0.0555. The van der Waals surface area contributed by atoms with E-state index < -0.39 is 0 Å². The van der Waals surface area contributed by atoms with E-state index in [1.807, 2.05) is 35.2 Å². The lowest BCUT2D eigenvalue weighted by molar-refractivity contribution is 0.0742. The molecule has 1 aromatic heterocycles. The maximum absolute atomic E-state index is 13.3. The molecule has 2 heterocycles. The smallest absolute Gasteiger partial charge is 0.255 e. The Hall–Kier alpha value is -4.43. The fourth-order valence-corrected chi connectivity index (χ4v) is 5.16. The Morgan fingerprint density at radius 2 is 1.65 bits per heavy atom. The minimum atomic E-state index is -0.220. The highest BCUT2D eigenvalue weighted by atomic mass is 19.1. The number of halogens is 1. The summed E-state index contributed by atoms with van der Waals surface area (Å²) in [7, 11) is 0. The van der Waals surface area contributed by atoms with Crippen molar-refractivity contribution in [3.63, 3.8) is 0 Å². The molecule has 1 amide bonds. The Morgan fingerprint density at radius 3 is 2.35 bits per heavy atom. The van der Waals surface area contributed by atoms with Gasteiger partial charge >= 0.3 is 0 Å². The van der Waals surface area contributed by atoms with Crippen LogP contribution in [0.2, 0.25) is 0 Å². The predicted molar refractivity (Wildman–Crippen MR) is 160 cm³/mol. The molecule has 0 aliphatic carbocycles. The number of nitrogens with two attached hydrogens (primary N) is 2. The number of hydrogen-bond acceptors (Lipinski definition) is 6. The molecule has 0 saturated carbocycles. The second kappa shape index (κ2) is 12.6. The van der Waals surface area contributed by atoms with Crippen LogP contribution in [0.3, 0.4) is 0 Å². The van der Waals surface area contributed by atoms with Crippen molar-refractivity contribution in [1.29, 1.82) is 0 Å². The second-order valence-corrected chi connectivity index (χ2v) is 10.0. The van der Waals surface area contributed by atoms with Crippen LogP contribution < -0.4 is 21.3 Å². The van der Waals surface area contributed by atoms with E-state index >= 15 is 0 Å². The predicted octanol–water partition coefficient (Wildman–Crippen LogP) is 4.79. The maximum Gasteiger partial charge on any atom is 0.255 e. The molecule has 1 fully saturated rings. The molecular weight excluding hydrogens is 503 g/mol. The first-order valence-corrected chi connectivity index (χ1v) is 13.7. The van der Waals surface area contributed by atoms with Gasteiger partial charge in [-0.05, 0) is 84.3 Å². The molecule has 0 spiro atoms. The van der Waals surface area contributed by atoms with Crippen LogP contribution in [-0.2, 0) is 6.54 Å². The van der Waals surface area contributed by atoms with Gasteiger partial charge in [0.05, 0.1) is 16.9 Å². The van der Waals surface area contributed by atoms with Crippen LogP contribution in [0.1, 0.15) is 22.3 Å². The number of piperazine rings is 1. The molecule has 5 rings (SSSR count). The Labute approximate surface area is 234 Å². The zero-order valence-corrected chi connectivity index (χ0v) is 22.5. The van der Waals surface area contributed by atoms with Gasteiger partial charge in [0.1, 0.15) is 5.82 Å². The first kappa shape index (κ1) is 27.1. The molecule has 4 aromatic rings. The molecule has 7 nitrogen and oxygen atoms in total. The van der Waals surface area contributed by atoms with Crippen LogP contribution in [0.15, 0.2) is 91.3 Å². The average molecular weight is 539 g/mol.